The molecule has 2 fully saturated rings. The van der Waals surface area contributed by atoms with Crippen molar-refractivity contribution in [2.24, 2.45) is 0 Å². The van der Waals surface area contributed by atoms with E-state index >= 15 is 0 Å². The predicted octanol–water partition coefficient (Wildman–Crippen LogP) is 6.37. The number of carbonyl (C=O) groups excluding carboxylic acids is 1. The summed E-state index contributed by atoms with van der Waals surface area (Å²) in [6.45, 7) is 5.02. The molecule has 2 aliphatic heterocycles. The second kappa shape index (κ2) is 12.5. The van der Waals surface area contributed by atoms with Crippen LogP contribution in [-0.2, 0) is 16.4 Å². The maximum Gasteiger partial charge on any atom is 0.253 e. The number of rotatable bonds is 6. The van der Waals surface area contributed by atoms with E-state index in [0.29, 0.717) is 26.2 Å². The first-order valence-corrected chi connectivity index (χ1v) is 17.5. The summed E-state index contributed by atoms with van der Waals surface area (Å²) in [4.78, 5) is 19.8. The number of sulfone groups is 1. The molecular weight excluding hydrogens is 579 g/mol. The monoisotopic (exact) mass is 615 g/mol. The van der Waals surface area contributed by atoms with Gasteiger partial charge in [-0.05, 0) is 62.9 Å². The van der Waals surface area contributed by atoms with Crippen molar-refractivity contribution < 1.29 is 13.2 Å². The molecule has 0 atom stereocenters. The number of amides is 1. The molecule has 2 aliphatic rings. The number of hydrogen-bond donors (Lipinski definition) is 0. The molecule has 2 heterocycles. The van der Waals surface area contributed by atoms with Crippen molar-refractivity contribution in [3.63, 3.8) is 0 Å². The molecule has 0 radical (unpaired) electrons. The van der Waals surface area contributed by atoms with E-state index in [4.69, 9.17) is 0 Å². The number of benzene rings is 5. The van der Waals surface area contributed by atoms with Crippen molar-refractivity contribution in [3.8, 4) is 22.3 Å². The fourth-order valence-electron chi connectivity index (χ4n) is 6.46. The van der Waals surface area contributed by atoms with Crippen molar-refractivity contribution in [2.75, 3.05) is 55.7 Å². The predicted molar refractivity (Wildman–Crippen MR) is 183 cm³/mol. The Morgan fingerprint density at radius 3 is 1.89 bits per heavy atom. The molecule has 0 aromatic heterocycles. The third-order valence-corrected chi connectivity index (χ3v) is 10.8. The average Bonchev–Trinajstić information content (AvgIpc) is 3.09. The number of carbonyl (C=O) groups is 1. The van der Waals surface area contributed by atoms with Crippen molar-refractivity contribution in [3.05, 3.63) is 126 Å². The van der Waals surface area contributed by atoms with Crippen molar-refractivity contribution in [1.29, 1.82) is 0 Å². The lowest BCUT2D eigenvalue weighted by Gasteiger charge is -2.35. The molecule has 7 rings (SSSR count). The molecule has 0 unspecified atom stereocenters. The fraction of sp³-hybridized carbons (Fsp3) is 0.237. The van der Waals surface area contributed by atoms with Crippen LogP contribution in [0.15, 0.2) is 115 Å². The van der Waals surface area contributed by atoms with E-state index in [0.717, 1.165) is 42.0 Å². The standard InChI is InChI=1S/C38H37N3O3S/c42-38(41-22-20-39(21-23-41)28-29-8-18-35(19-9-29)40-24-26-45(43,44)27-25-40)34-16-12-31(13-17-34)30-10-14-33(15-11-30)37-7-3-5-32-4-1-2-6-36(32)37/h1-19H,20-28H2. The van der Waals surface area contributed by atoms with Crippen molar-refractivity contribution >= 4 is 32.2 Å². The molecule has 2 saturated heterocycles. The third kappa shape index (κ3) is 6.51. The van der Waals surface area contributed by atoms with Crippen LogP contribution in [0.3, 0.4) is 0 Å². The van der Waals surface area contributed by atoms with Crippen LogP contribution in [0.1, 0.15) is 15.9 Å². The van der Waals surface area contributed by atoms with Crippen LogP contribution in [-0.4, -0.2) is 74.9 Å². The molecule has 45 heavy (non-hydrogen) atoms. The molecule has 228 valence electrons. The van der Waals surface area contributed by atoms with Gasteiger partial charge in [-0.1, -0.05) is 91.0 Å². The SMILES string of the molecule is O=C(c1ccc(-c2ccc(-c3cccc4ccccc34)cc2)cc1)N1CCN(Cc2ccc(N3CCS(=O)(=O)CC3)cc2)CC1. The maximum atomic E-state index is 13.3. The van der Waals surface area contributed by atoms with Gasteiger partial charge in [-0.25, -0.2) is 8.42 Å². The minimum Gasteiger partial charge on any atom is -0.369 e. The van der Waals surface area contributed by atoms with Crippen LogP contribution < -0.4 is 4.90 Å². The van der Waals surface area contributed by atoms with Crippen LogP contribution in [0, 0.1) is 0 Å². The number of anilines is 1. The Morgan fingerprint density at radius 1 is 0.600 bits per heavy atom. The lowest BCUT2D eigenvalue weighted by atomic mass is 9.96. The van der Waals surface area contributed by atoms with Gasteiger partial charge in [0.15, 0.2) is 9.84 Å². The molecular formula is C38H37N3O3S. The Balaban J connectivity index is 0.929. The third-order valence-electron chi connectivity index (χ3n) is 9.16. The molecule has 0 aliphatic carbocycles. The zero-order valence-electron chi connectivity index (χ0n) is 25.3. The largest absolute Gasteiger partial charge is 0.369 e. The highest BCUT2D eigenvalue weighted by Crippen LogP contribution is 2.31. The average molecular weight is 616 g/mol. The molecule has 7 heteroatoms. The van der Waals surface area contributed by atoms with E-state index in [1.54, 1.807) is 0 Å². The summed E-state index contributed by atoms with van der Waals surface area (Å²) in [6, 6.07) is 40.0. The molecule has 5 aromatic carbocycles. The smallest absolute Gasteiger partial charge is 0.253 e. The topological polar surface area (TPSA) is 60.9 Å². The molecule has 1 amide bonds. The molecule has 0 saturated carbocycles. The van der Waals surface area contributed by atoms with Gasteiger partial charge < -0.3 is 9.80 Å². The molecule has 0 N–H and O–H groups in total. The fourth-order valence-corrected chi connectivity index (χ4v) is 7.66. The van der Waals surface area contributed by atoms with Crippen LogP contribution in [0.25, 0.3) is 33.0 Å². The van der Waals surface area contributed by atoms with E-state index < -0.39 is 9.84 Å². The van der Waals surface area contributed by atoms with Crippen LogP contribution in [0.5, 0.6) is 0 Å². The Labute approximate surface area is 265 Å². The summed E-state index contributed by atoms with van der Waals surface area (Å²) in [7, 11) is -2.88. The van der Waals surface area contributed by atoms with Gasteiger partial charge in [0.1, 0.15) is 0 Å². The molecule has 0 spiro atoms. The van der Waals surface area contributed by atoms with Gasteiger partial charge in [0, 0.05) is 57.1 Å². The number of fused-ring (bicyclic) bond motifs is 1. The first-order chi connectivity index (χ1) is 21.9. The van der Waals surface area contributed by atoms with E-state index in [9.17, 15) is 13.2 Å². The minimum absolute atomic E-state index is 0.0837. The number of nitrogens with zero attached hydrogens (tertiary/aromatic N) is 3. The quantitative estimate of drug-likeness (QED) is 0.222. The van der Waals surface area contributed by atoms with Gasteiger partial charge in [0.2, 0.25) is 0 Å². The number of hydrogen-bond acceptors (Lipinski definition) is 5. The summed E-state index contributed by atoms with van der Waals surface area (Å²) in [5.41, 5.74) is 7.67. The Morgan fingerprint density at radius 2 is 1.20 bits per heavy atom. The highest BCUT2D eigenvalue weighted by molar-refractivity contribution is 7.91. The Bertz CT molecular complexity index is 1890. The van der Waals surface area contributed by atoms with Crippen LogP contribution in [0.4, 0.5) is 5.69 Å². The van der Waals surface area contributed by atoms with Gasteiger partial charge in [-0.15, -0.1) is 0 Å². The van der Waals surface area contributed by atoms with Crippen LogP contribution >= 0.6 is 0 Å². The summed E-state index contributed by atoms with van der Waals surface area (Å²) in [5, 5.41) is 2.49. The molecule has 0 bridgehead atoms. The summed E-state index contributed by atoms with van der Waals surface area (Å²) < 4.78 is 23.5. The Kier molecular flexibility index (Phi) is 8.13. The summed E-state index contributed by atoms with van der Waals surface area (Å²) in [5.74, 6) is 0.534. The zero-order valence-corrected chi connectivity index (χ0v) is 26.1. The lowest BCUT2D eigenvalue weighted by Crippen LogP contribution is -2.48. The first kappa shape index (κ1) is 29.3. The van der Waals surface area contributed by atoms with Gasteiger partial charge >= 0.3 is 0 Å². The van der Waals surface area contributed by atoms with Gasteiger partial charge in [0.05, 0.1) is 11.5 Å². The first-order valence-electron chi connectivity index (χ1n) is 15.7. The van der Waals surface area contributed by atoms with Gasteiger partial charge in [0.25, 0.3) is 5.91 Å². The molecule has 6 nitrogen and oxygen atoms in total. The highest BCUT2D eigenvalue weighted by Gasteiger charge is 2.23. The zero-order chi connectivity index (χ0) is 30.8. The maximum absolute atomic E-state index is 13.3. The van der Waals surface area contributed by atoms with Gasteiger partial charge in [-0.2, -0.15) is 0 Å². The van der Waals surface area contributed by atoms with E-state index in [2.05, 4.69) is 101 Å². The second-order valence-electron chi connectivity index (χ2n) is 12.1. The number of piperazine rings is 1. The lowest BCUT2D eigenvalue weighted by molar-refractivity contribution is 0.0628. The normalized spacial score (nSPS) is 17.0. The van der Waals surface area contributed by atoms with Crippen LogP contribution in [0.2, 0.25) is 0 Å². The Hall–Kier alpha value is -4.46. The summed E-state index contributed by atoms with van der Waals surface area (Å²) >= 11 is 0. The molecule has 5 aromatic rings. The van der Waals surface area contributed by atoms with E-state index in [1.165, 1.54) is 27.5 Å². The highest BCUT2D eigenvalue weighted by atomic mass is 32.2. The van der Waals surface area contributed by atoms with Gasteiger partial charge in [-0.3, -0.25) is 9.69 Å². The van der Waals surface area contributed by atoms with Crippen molar-refractivity contribution in [2.45, 2.75) is 6.54 Å². The minimum atomic E-state index is -2.88. The van der Waals surface area contributed by atoms with E-state index in [1.807, 2.05) is 29.2 Å². The van der Waals surface area contributed by atoms with E-state index in [-0.39, 0.29) is 17.4 Å². The van der Waals surface area contributed by atoms with Crippen molar-refractivity contribution in [1.82, 2.24) is 9.80 Å². The second-order valence-corrected chi connectivity index (χ2v) is 14.4. The summed E-state index contributed by atoms with van der Waals surface area (Å²) in [6.07, 6.45) is 0.